The standard InChI is InChI=1S/C15H19FN2O2.ClH/c16-13-7-10(1-2-12(13)14(17)19)20-11-8-15(9-11)3-5-18-6-4-15;/h1-2,7,11,18H,3-6,8-9H2,(H2,17,19);1H. The van der Waals surface area contributed by atoms with Gasteiger partial charge >= 0.3 is 0 Å². The first-order valence-corrected chi connectivity index (χ1v) is 7.05. The van der Waals surface area contributed by atoms with E-state index in [1.807, 2.05) is 0 Å². The molecule has 1 saturated heterocycles. The van der Waals surface area contributed by atoms with Crippen LogP contribution in [0.25, 0.3) is 0 Å². The molecule has 1 spiro atoms. The van der Waals surface area contributed by atoms with E-state index in [0.29, 0.717) is 11.2 Å². The molecule has 21 heavy (non-hydrogen) atoms. The third-order valence-corrected chi connectivity index (χ3v) is 4.49. The molecule has 0 atom stereocenters. The summed E-state index contributed by atoms with van der Waals surface area (Å²) < 4.78 is 19.4. The Bertz CT molecular complexity index is 524. The average Bonchev–Trinajstić information content (AvgIpc) is 2.38. The summed E-state index contributed by atoms with van der Waals surface area (Å²) in [6, 6.07) is 4.23. The van der Waals surface area contributed by atoms with Crippen molar-refractivity contribution in [1.29, 1.82) is 0 Å². The largest absolute Gasteiger partial charge is 0.490 e. The topological polar surface area (TPSA) is 64.4 Å². The van der Waals surface area contributed by atoms with Crippen LogP contribution in [0.1, 0.15) is 36.0 Å². The highest BCUT2D eigenvalue weighted by Gasteiger charge is 2.45. The first kappa shape index (κ1) is 16.0. The van der Waals surface area contributed by atoms with Gasteiger partial charge < -0.3 is 15.8 Å². The van der Waals surface area contributed by atoms with Gasteiger partial charge in [-0.1, -0.05) is 0 Å². The predicted molar refractivity (Wildman–Crippen MR) is 80.4 cm³/mol. The number of hydrogen-bond donors (Lipinski definition) is 2. The molecular weight excluding hydrogens is 295 g/mol. The van der Waals surface area contributed by atoms with Crippen LogP contribution in [0.4, 0.5) is 4.39 Å². The summed E-state index contributed by atoms with van der Waals surface area (Å²) in [7, 11) is 0. The number of carbonyl (C=O) groups is 1. The van der Waals surface area contributed by atoms with Gasteiger partial charge in [-0.25, -0.2) is 4.39 Å². The first-order valence-electron chi connectivity index (χ1n) is 7.05. The Morgan fingerprint density at radius 1 is 1.33 bits per heavy atom. The van der Waals surface area contributed by atoms with Crippen molar-refractivity contribution in [3.05, 3.63) is 29.6 Å². The highest BCUT2D eigenvalue weighted by Crippen LogP contribution is 2.49. The third-order valence-electron chi connectivity index (χ3n) is 4.49. The molecule has 4 nitrogen and oxygen atoms in total. The maximum atomic E-state index is 13.6. The molecule has 0 aromatic heterocycles. The number of primary amides is 1. The molecule has 1 aromatic rings. The Balaban J connectivity index is 0.00000161. The Morgan fingerprint density at radius 3 is 2.57 bits per heavy atom. The van der Waals surface area contributed by atoms with Crippen molar-refractivity contribution >= 4 is 18.3 Å². The maximum absolute atomic E-state index is 13.6. The highest BCUT2D eigenvalue weighted by atomic mass is 35.5. The van der Waals surface area contributed by atoms with Crippen LogP contribution in [0.15, 0.2) is 18.2 Å². The molecular formula is C15H20ClFN2O2. The lowest BCUT2D eigenvalue weighted by Gasteiger charge is -2.49. The summed E-state index contributed by atoms with van der Waals surface area (Å²) in [5.74, 6) is -0.904. The fraction of sp³-hybridized carbons (Fsp3) is 0.533. The fourth-order valence-corrected chi connectivity index (χ4v) is 3.32. The SMILES string of the molecule is Cl.NC(=O)c1ccc(OC2CC3(CCNCC3)C2)cc1F. The van der Waals surface area contributed by atoms with Gasteiger partial charge in [-0.2, -0.15) is 0 Å². The molecule has 116 valence electrons. The number of piperidine rings is 1. The van der Waals surface area contributed by atoms with Gasteiger partial charge in [-0.05, 0) is 56.3 Å². The first-order chi connectivity index (χ1) is 9.58. The van der Waals surface area contributed by atoms with E-state index < -0.39 is 11.7 Å². The second kappa shape index (κ2) is 6.20. The van der Waals surface area contributed by atoms with E-state index in [1.165, 1.54) is 25.0 Å². The van der Waals surface area contributed by atoms with Crippen LogP contribution in [0.2, 0.25) is 0 Å². The van der Waals surface area contributed by atoms with Crippen molar-refractivity contribution in [2.24, 2.45) is 11.1 Å². The monoisotopic (exact) mass is 314 g/mol. The molecule has 1 aromatic carbocycles. The molecule has 1 aliphatic heterocycles. The second-order valence-corrected chi connectivity index (χ2v) is 5.90. The Morgan fingerprint density at radius 2 is 2.00 bits per heavy atom. The summed E-state index contributed by atoms with van der Waals surface area (Å²) in [6.45, 7) is 2.16. The van der Waals surface area contributed by atoms with E-state index in [-0.39, 0.29) is 24.1 Å². The van der Waals surface area contributed by atoms with Crippen molar-refractivity contribution in [3.63, 3.8) is 0 Å². The number of amides is 1. The van der Waals surface area contributed by atoms with Gasteiger partial charge in [0.05, 0.1) is 11.7 Å². The average molecular weight is 315 g/mol. The van der Waals surface area contributed by atoms with E-state index >= 15 is 0 Å². The number of nitrogens with two attached hydrogens (primary N) is 1. The van der Waals surface area contributed by atoms with Crippen LogP contribution in [-0.4, -0.2) is 25.1 Å². The molecule has 3 rings (SSSR count). The Kier molecular flexibility index (Phi) is 4.74. The van der Waals surface area contributed by atoms with Crippen LogP contribution in [0.5, 0.6) is 5.75 Å². The summed E-state index contributed by atoms with van der Waals surface area (Å²) in [4.78, 5) is 11.0. The van der Waals surface area contributed by atoms with Crippen LogP contribution in [0.3, 0.4) is 0 Å². The molecule has 2 aliphatic rings. The smallest absolute Gasteiger partial charge is 0.251 e. The molecule has 1 heterocycles. The van der Waals surface area contributed by atoms with Crippen LogP contribution in [-0.2, 0) is 0 Å². The molecule has 0 radical (unpaired) electrons. The highest BCUT2D eigenvalue weighted by molar-refractivity contribution is 5.93. The van der Waals surface area contributed by atoms with Crippen LogP contribution >= 0.6 is 12.4 Å². The predicted octanol–water partition coefficient (Wildman–Crippen LogP) is 2.26. The van der Waals surface area contributed by atoms with Crippen LogP contribution < -0.4 is 15.8 Å². The zero-order chi connectivity index (χ0) is 14.2. The van der Waals surface area contributed by atoms with Gasteiger partial charge in [0.15, 0.2) is 0 Å². The zero-order valence-corrected chi connectivity index (χ0v) is 12.5. The minimum atomic E-state index is -0.758. The van der Waals surface area contributed by atoms with E-state index in [9.17, 15) is 9.18 Å². The van der Waals surface area contributed by atoms with E-state index in [0.717, 1.165) is 25.9 Å². The lowest BCUT2D eigenvalue weighted by Crippen LogP contribution is -2.49. The Hall–Kier alpha value is -1.33. The molecule has 0 bridgehead atoms. The summed E-state index contributed by atoms with van der Waals surface area (Å²) in [5.41, 5.74) is 5.41. The number of rotatable bonds is 3. The summed E-state index contributed by atoms with van der Waals surface area (Å²) in [6.07, 6.45) is 4.62. The molecule has 6 heteroatoms. The van der Waals surface area contributed by atoms with Crippen molar-refractivity contribution in [2.75, 3.05) is 13.1 Å². The van der Waals surface area contributed by atoms with Crippen molar-refractivity contribution in [1.82, 2.24) is 5.32 Å². The number of nitrogens with one attached hydrogen (secondary N) is 1. The van der Waals surface area contributed by atoms with Gasteiger partial charge in [-0.15, -0.1) is 12.4 Å². The number of carbonyl (C=O) groups excluding carboxylic acids is 1. The summed E-state index contributed by atoms with van der Waals surface area (Å²) in [5, 5.41) is 3.36. The van der Waals surface area contributed by atoms with Crippen molar-refractivity contribution < 1.29 is 13.9 Å². The molecule has 3 N–H and O–H groups in total. The number of benzene rings is 1. The quantitative estimate of drug-likeness (QED) is 0.899. The van der Waals surface area contributed by atoms with Crippen molar-refractivity contribution in [3.8, 4) is 5.75 Å². The van der Waals surface area contributed by atoms with E-state index in [2.05, 4.69) is 5.32 Å². The molecule has 1 saturated carbocycles. The lowest BCUT2D eigenvalue weighted by atomic mass is 9.62. The number of ether oxygens (including phenoxy) is 1. The third kappa shape index (κ3) is 3.30. The second-order valence-electron chi connectivity index (χ2n) is 5.90. The Labute approximate surface area is 129 Å². The van der Waals surface area contributed by atoms with E-state index in [4.69, 9.17) is 10.5 Å². The minimum absolute atomic E-state index is 0. The van der Waals surface area contributed by atoms with Crippen LogP contribution in [0, 0.1) is 11.2 Å². The van der Waals surface area contributed by atoms with Crippen molar-refractivity contribution in [2.45, 2.75) is 31.8 Å². The van der Waals surface area contributed by atoms with Gasteiger partial charge in [-0.3, -0.25) is 4.79 Å². The number of hydrogen-bond acceptors (Lipinski definition) is 3. The molecule has 0 unspecified atom stereocenters. The summed E-state index contributed by atoms with van der Waals surface area (Å²) >= 11 is 0. The molecule has 1 amide bonds. The van der Waals surface area contributed by atoms with Gasteiger partial charge in [0, 0.05) is 6.07 Å². The molecule has 1 aliphatic carbocycles. The number of halogens is 2. The fourth-order valence-electron chi connectivity index (χ4n) is 3.32. The normalized spacial score (nSPS) is 20.4. The lowest BCUT2D eigenvalue weighted by molar-refractivity contribution is -0.0348. The maximum Gasteiger partial charge on any atom is 0.251 e. The van der Waals surface area contributed by atoms with E-state index in [1.54, 1.807) is 6.07 Å². The van der Waals surface area contributed by atoms with Gasteiger partial charge in [0.2, 0.25) is 0 Å². The minimum Gasteiger partial charge on any atom is -0.490 e. The van der Waals surface area contributed by atoms with Gasteiger partial charge in [0.25, 0.3) is 5.91 Å². The molecule has 2 fully saturated rings. The zero-order valence-electron chi connectivity index (χ0n) is 11.7. The van der Waals surface area contributed by atoms with Gasteiger partial charge in [0.1, 0.15) is 11.6 Å².